The van der Waals surface area contributed by atoms with Crippen LogP contribution in [0, 0.1) is 0 Å². The number of hydrogen-bond donors (Lipinski definition) is 0. The molecular weight excluding hydrogens is 304 g/mol. The topological polar surface area (TPSA) is 42.4 Å². The number of thioether (sulfide) groups is 2. The fourth-order valence-electron chi connectivity index (χ4n) is 2.87. The van der Waals surface area contributed by atoms with Crippen LogP contribution in [0.1, 0.15) is 12.0 Å². The summed E-state index contributed by atoms with van der Waals surface area (Å²) in [6.45, 7) is 2.41. The lowest BCUT2D eigenvalue weighted by Crippen LogP contribution is -2.61. The third-order valence-corrected chi connectivity index (χ3v) is 6.07. The maximum absolute atomic E-state index is 11.8. The quantitative estimate of drug-likeness (QED) is 0.829. The standard InChI is InChI=1S/C15H20N2O2S2/c1-20-9-14(18)17-10-15(11-17)5-13(8-21-15)19-7-12-3-2-4-16-6-12/h2-4,6,13H,5,7-11H2,1H3/t13-/m1/s1. The Morgan fingerprint density at radius 2 is 2.48 bits per heavy atom. The normalized spacial score (nSPS) is 23.3. The largest absolute Gasteiger partial charge is 0.373 e. The zero-order valence-corrected chi connectivity index (χ0v) is 13.8. The smallest absolute Gasteiger partial charge is 0.232 e. The summed E-state index contributed by atoms with van der Waals surface area (Å²) >= 11 is 3.57. The number of ether oxygens (including phenoxy) is 1. The van der Waals surface area contributed by atoms with Gasteiger partial charge in [0.2, 0.25) is 5.91 Å². The van der Waals surface area contributed by atoms with Crippen molar-refractivity contribution in [3.63, 3.8) is 0 Å². The highest BCUT2D eigenvalue weighted by atomic mass is 32.2. The zero-order chi connectivity index (χ0) is 14.7. The van der Waals surface area contributed by atoms with Crippen molar-refractivity contribution in [1.29, 1.82) is 0 Å². The maximum Gasteiger partial charge on any atom is 0.232 e. The molecule has 0 radical (unpaired) electrons. The highest BCUT2D eigenvalue weighted by Crippen LogP contribution is 2.46. The van der Waals surface area contributed by atoms with Crippen molar-refractivity contribution in [2.45, 2.75) is 23.9 Å². The van der Waals surface area contributed by atoms with Gasteiger partial charge in [0.05, 0.1) is 23.2 Å². The molecule has 1 atom stereocenters. The van der Waals surface area contributed by atoms with Crippen LogP contribution in [-0.4, -0.2) is 57.5 Å². The summed E-state index contributed by atoms with van der Waals surface area (Å²) in [5.74, 6) is 1.90. The second kappa shape index (κ2) is 6.58. The molecule has 1 aromatic heterocycles. The van der Waals surface area contributed by atoms with Crippen LogP contribution in [0.5, 0.6) is 0 Å². The number of aromatic nitrogens is 1. The van der Waals surface area contributed by atoms with E-state index in [0.29, 0.717) is 18.5 Å². The number of likely N-dealkylation sites (tertiary alicyclic amines) is 1. The van der Waals surface area contributed by atoms with E-state index in [2.05, 4.69) is 4.98 Å². The van der Waals surface area contributed by atoms with Gasteiger partial charge >= 0.3 is 0 Å². The van der Waals surface area contributed by atoms with E-state index in [9.17, 15) is 4.79 Å². The molecule has 3 heterocycles. The summed E-state index contributed by atoms with van der Waals surface area (Å²) in [6, 6.07) is 3.97. The summed E-state index contributed by atoms with van der Waals surface area (Å²) < 4.78 is 6.25. The molecule has 0 unspecified atom stereocenters. The number of pyridine rings is 1. The molecule has 21 heavy (non-hydrogen) atoms. The minimum atomic E-state index is 0.258. The van der Waals surface area contributed by atoms with Crippen molar-refractivity contribution in [3.05, 3.63) is 30.1 Å². The first-order valence-electron chi connectivity index (χ1n) is 7.12. The number of amides is 1. The van der Waals surface area contributed by atoms with Gasteiger partial charge < -0.3 is 9.64 Å². The van der Waals surface area contributed by atoms with Gasteiger partial charge in [-0.3, -0.25) is 9.78 Å². The average Bonchev–Trinajstić information content (AvgIpc) is 2.89. The lowest BCUT2D eigenvalue weighted by Gasteiger charge is -2.47. The van der Waals surface area contributed by atoms with Crippen LogP contribution in [0.4, 0.5) is 0 Å². The van der Waals surface area contributed by atoms with Crippen LogP contribution >= 0.6 is 23.5 Å². The van der Waals surface area contributed by atoms with Gasteiger partial charge in [-0.2, -0.15) is 11.8 Å². The van der Waals surface area contributed by atoms with Gasteiger partial charge in [-0.05, 0) is 24.3 Å². The van der Waals surface area contributed by atoms with Gasteiger partial charge in [0, 0.05) is 31.2 Å². The van der Waals surface area contributed by atoms with Gasteiger partial charge in [-0.15, -0.1) is 11.8 Å². The predicted octanol–water partition coefficient (Wildman–Crippen LogP) is 2.05. The summed E-state index contributed by atoms with van der Waals surface area (Å²) in [5.41, 5.74) is 1.12. The number of hydrogen-bond acceptors (Lipinski definition) is 5. The number of nitrogens with zero attached hydrogens (tertiary/aromatic N) is 2. The zero-order valence-electron chi connectivity index (χ0n) is 12.2. The van der Waals surface area contributed by atoms with Crippen LogP contribution in [0.15, 0.2) is 24.5 Å². The minimum absolute atomic E-state index is 0.258. The van der Waals surface area contributed by atoms with Crippen molar-refractivity contribution in [1.82, 2.24) is 9.88 Å². The molecule has 1 aromatic rings. The van der Waals surface area contributed by atoms with Gasteiger partial charge in [0.1, 0.15) is 0 Å². The van der Waals surface area contributed by atoms with Gasteiger partial charge in [-0.1, -0.05) is 6.07 Å². The van der Waals surface area contributed by atoms with E-state index in [1.165, 1.54) is 0 Å². The minimum Gasteiger partial charge on any atom is -0.373 e. The molecule has 0 aliphatic carbocycles. The van der Waals surface area contributed by atoms with E-state index in [1.807, 2.05) is 41.2 Å². The first-order chi connectivity index (χ1) is 10.2. The molecule has 2 aliphatic rings. The Morgan fingerprint density at radius 1 is 1.62 bits per heavy atom. The maximum atomic E-state index is 11.8. The average molecular weight is 324 g/mol. The molecule has 1 spiro atoms. The van der Waals surface area contributed by atoms with Crippen molar-refractivity contribution in [3.8, 4) is 0 Å². The van der Waals surface area contributed by atoms with Gasteiger partial charge in [-0.25, -0.2) is 0 Å². The highest BCUT2D eigenvalue weighted by Gasteiger charge is 2.50. The Hall–Kier alpha value is -0.720. The van der Waals surface area contributed by atoms with Gasteiger partial charge in [0.15, 0.2) is 0 Å². The number of rotatable bonds is 5. The summed E-state index contributed by atoms with van der Waals surface area (Å²) in [4.78, 5) is 17.9. The van der Waals surface area contributed by atoms with Crippen LogP contribution in [-0.2, 0) is 16.1 Å². The van der Waals surface area contributed by atoms with E-state index in [-0.39, 0.29) is 10.7 Å². The SMILES string of the molecule is CSCC(=O)N1CC2(C[C@@H](OCc3cccnc3)CS2)C1. The Labute approximate surface area is 134 Å². The monoisotopic (exact) mass is 324 g/mol. The molecule has 2 aliphatic heterocycles. The van der Waals surface area contributed by atoms with E-state index in [0.717, 1.165) is 30.8 Å². The molecule has 2 fully saturated rings. The molecule has 2 saturated heterocycles. The molecular formula is C15H20N2O2S2. The number of carbonyl (C=O) groups excluding carboxylic acids is 1. The fraction of sp³-hybridized carbons (Fsp3) is 0.600. The Kier molecular flexibility index (Phi) is 4.76. The molecule has 0 N–H and O–H groups in total. The van der Waals surface area contributed by atoms with Crippen molar-refractivity contribution < 1.29 is 9.53 Å². The second-order valence-electron chi connectivity index (χ2n) is 5.68. The molecule has 1 amide bonds. The lowest BCUT2D eigenvalue weighted by molar-refractivity contribution is -0.133. The van der Waals surface area contributed by atoms with E-state index in [4.69, 9.17) is 4.74 Å². The number of carbonyl (C=O) groups is 1. The van der Waals surface area contributed by atoms with Crippen molar-refractivity contribution in [2.75, 3.05) is 30.9 Å². The first-order valence-corrected chi connectivity index (χ1v) is 9.50. The Balaban J connectivity index is 1.43. The molecule has 6 heteroatoms. The van der Waals surface area contributed by atoms with Crippen LogP contribution in [0.3, 0.4) is 0 Å². The highest BCUT2D eigenvalue weighted by molar-refractivity contribution is 8.01. The van der Waals surface area contributed by atoms with Crippen molar-refractivity contribution >= 4 is 29.4 Å². The summed E-state index contributed by atoms with van der Waals surface area (Å²) in [7, 11) is 0. The van der Waals surface area contributed by atoms with Gasteiger partial charge in [0.25, 0.3) is 0 Å². The third-order valence-electron chi connectivity index (χ3n) is 3.96. The van der Waals surface area contributed by atoms with Crippen LogP contribution in [0.2, 0.25) is 0 Å². The van der Waals surface area contributed by atoms with Crippen LogP contribution in [0.25, 0.3) is 0 Å². The molecule has 0 saturated carbocycles. The Bertz CT molecular complexity index is 492. The molecule has 3 rings (SSSR count). The van der Waals surface area contributed by atoms with E-state index in [1.54, 1.807) is 18.0 Å². The summed E-state index contributed by atoms with van der Waals surface area (Å²) in [6.07, 6.45) is 6.96. The van der Waals surface area contributed by atoms with Crippen LogP contribution < -0.4 is 0 Å². The molecule has 0 bridgehead atoms. The van der Waals surface area contributed by atoms with E-state index < -0.39 is 0 Å². The molecule has 0 aromatic carbocycles. The molecule has 114 valence electrons. The Morgan fingerprint density at radius 3 is 3.19 bits per heavy atom. The first kappa shape index (κ1) is 15.2. The second-order valence-corrected chi connectivity index (χ2v) is 8.03. The lowest BCUT2D eigenvalue weighted by atomic mass is 9.93. The van der Waals surface area contributed by atoms with E-state index >= 15 is 0 Å². The van der Waals surface area contributed by atoms with Crippen molar-refractivity contribution in [2.24, 2.45) is 0 Å². The third kappa shape index (κ3) is 3.55. The predicted molar refractivity (Wildman–Crippen MR) is 87.6 cm³/mol. The summed E-state index contributed by atoms with van der Waals surface area (Å²) in [5, 5.41) is 0. The fourth-order valence-corrected chi connectivity index (χ4v) is 4.85. The molecule has 4 nitrogen and oxygen atoms in total.